The van der Waals surface area contributed by atoms with Gasteiger partial charge in [-0.25, -0.2) is 4.98 Å². The molecule has 0 aliphatic heterocycles. The van der Waals surface area contributed by atoms with E-state index in [1.807, 2.05) is 27.0 Å². The summed E-state index contributed by atoms with van der Waals surface area (Å²) in [4.78, 5) is 17.7. The highest BCUT2D eigenvalue weighted by Crippen LogP contribution is 2.21. The summed E-state index contributed by atoms with van der Waals surface area (Å²) in [6.07, 6.45) is 3.45. The Balaban J connectivity index is 2.14. The van der Waals surface area contributed by atoms with Gasteiger partial charge in [0.1, 0.15) is 10.7 Å². The molecule has 2 aromatic rings. The quantitative estimate of drug-likeness (QED) is 0.929. The summed E-state index contributed by atoms with van der Waals surface area (Å²) in [6.45, 7) is 6.53. The minimum Gasteiger partial charge on any atom is -0.342 e. The van der Waals surface area contributed by atoms with Crippen LogP contribution < -0.4 is 5.32 Å². The number of carbonyl (C=O) groups excluding carboxylic acids is 1. The second kappa shape index (κ2) is 5.83. The van der Waals surface area contributed by atoms with Gasteiger partial charge in [0.2, 0.25) is 0 Å². The molecule has 0 aromatic carbocycles. The molecule has 2 heterocycles. The fourth-order valence-corrected chi connectivity index (χ4v) is 2.98. The molecule has 1 amide bonds. The predicted molar refractivity (Wildman–Crippen MR) is 78.3 cm³/mol. The molecule has 7 heteroatoms. The lowest BCUT2D eigenvalue weighted by Gasteiger charge is -2.12. The normalized spacial score (nSPS) is 12.4. The van der Waals surface area contributed by atoms with Gasteiger partial charge < -0.3 is 5.32 Å². The Morgan fingerprint density at radius 2 is 2.32 bits per heavy atom. The van der Waals surface area contributed by atoms with Gasteiger partial charge in [-0.05, 0) is 36.7 Å². The number of aryl methyl sites for hydroxylation is 2. The Morgan fingerprint density at radius 3 is 2.89 bits per heavy atom. The number of nitrogens with zero attached hydrogens (tertiary/aromatic N) is 3. The van der Waals surface area contributed by atoms with Gasteiger partial charge in [-0.15, -0.1) is 11.3 Å². The zero-order valence-electron chi connectivity index (χ0n) is 11.0. The topological polar surface area (TPSA) is 59.8 Å². The first-order valence-corrected chi connectivity index (χ1v) is 7.58. The zero-order chi connectivity index (χ0) is 14.0. The zero-order valence-corrected chi connectivity index (χ0v) is 13.4. The van der Waals surface area contributed by atoms with Gasteiger partial charge in [0.15, 0.2) is 0 Å². The molecule has 0 fully saturated rings. The molecule has 19 heavy (non-hydrogen) atoms. The van der Waals surface area contributed by atoms with Gasteiger partial charge in [-0.2, -0.15) is 5.10 Å². The number of rotatable bonds is 4. The van der Waals surface area contributed by atoms with Crippen LogP contribution in [0.5, 0.6) is 0 Å². The fraction of sp³-hybridized carbons (Fsp3) is 0.417. The summed E-state index contributed by atoms with van der Waals surface area (Å²) >= 11 is 4.94. The molecular formula is C12H15BrN4OS. The van der Waals surface area contributed by atoms with Gasteiger partial charge in [0, 0.05) is 17.6 Å². The van der Waals surface area contributed by atoms with Crippen molar-refractivity contribution in [2.45, 2.75) is 33.4 Å². The van der Waals surface area contributed by atoms with Crippen LogP contribution in [0, 0.1) is 6.92 Å². The molecule has 0 aliphatic rings. The highest BCUT2D eigenvalue weighted by atomic mass is 79.9. The predicted octanol–water partition coefficient (Wildman–Crippen LogP) is 2.92. The van der Waals surface area contributed by atoms with E-state index in [4.69, 9.17) is 0 Å². The number of carbonyl (C=O) groups is 1. The van der Waals surface area contributed by atoms with E-state index in [-0.39, 0.29) is 11.9 Å². The average Bonchev–Trinajstić information content (AvgIpc) is 2.95. The molecule has 0 saturated heterocycles. The maximum Gasteiger partial charge on any atom is 0.271 e. The monoisotopic (exact) mass is 342 g/mol. The Hall–Kier alpha value is -1.21. The first kappa shape index (κ1) is 14.2. The van der Waals surface area contributed by atoms with Crippen LogP contribution >= 0.6 is 27.3 Å². The third-order valence-corrected chi connectivity index (χ3v) is 4.34. The van der Waals surface area contributed by atoms with Crippen molar-refractivity contribution in [3.8, 4) is 0 Å². The molecule has 2 aromatic heterocycles. The van der Waals surface area contributed by atoms with Crippen LogP contribution in [0.15, 0.2) is 16.9 Å². The van der Waals surface area contributed by atoms with E-state index in [2.05, 4.69) is 31.3 Å². The van der Waals surface area contributed by atoms with E-state index >= 15 is 0 Å². The summed E-state index contributed by atoms with van der Waals surface area (Å²) in [5.74, 6) is -0.147. The number of hydrogen-bond acceptors (Lipinski definition) is 4. The van der Waals surface area contributed by atoms with E-state index in [1.54, 1.807) is 22.2 Å². The van der Waals surface area contributed by atoms with Crippen molar-refractivity contribution in [3.05, 3.63) is 32.4 Å². The van der Waals surface area contributed by atoms with Crippen LogP contribution in [0.3, 0.4) is 0 Å². The standard InChI is InChI=1S/C12H15BrN4OS/c1-4-17-10(9(13)6-15-17)11(18)16-8(3)12-14-5-7(2)19-12/h5-6,8H,4H2,1-3H3,(H,16,18)/t8-/m0/s1. The van der Waals surface area contributed by atoms with Gasteiger partial charge in [-0.1, -0.05) is 0 Å². The third-order valence-electron chi connectivity index (χ3n) is 2.67. The Labute approximate surface area is 124 Å². The first-order chi connectivity index (χ1) is 9.02. The number of hydrogen-bond donors (Lipinski definition) is 1. The summed E-state index contributed by atoms with van der Waals surface area (Å²) in [5.41, 5.74) is 0.544. The molecule has 2 rings (SSSR count). The lowest BCUT2D eigenvalue weighted by atomic mass is 10.3. The van der Waals surface area contributed by atoms with E-state index in [0.29, 0.717) is 16.7 Å². The fourth-order valence-electron chi connectivity index (χ4n) is 1.73. The van der Waals surface area contributed by atoms with Crippen LogP contribution in [0.1, 0.15) is 40.3 Å². The van der Waals surface area contributed by atoms with Crippen molar-refractivity contribution in [1.82, 2.24) is 20.1 Å². The highest BCUT2D eigenvalue weighted by Gasteiger charge is 2.19. The van der Waals surface area contributed by atoms with Gasteiger partial charge >= 0.3 is 0 Å². The van der Waals surface area contributed by atoms with Crippen molar-refractivity contribution in [3.63, 3.8) is 0 Å². The van der Waals surface area contributed by atoms with Crippen molar-refractivity contribution in [2.75, 3.05) is 0 Å². The number of nitrogens with one attached hydrogen (secondary N) is 1. The van der Waals surface area contributed by atoms with Crippen molar-refractivity contribution in [1.29, 1.82) is 0 Å². The summed E-state index contributed by atoms with van der Waals surface area (Å²) in [6, 6.07) is -0.113. The summed E-state index contributed by atoms with van der Waals surface area (Å²) in [7, 11) is 0. The van der Waals surface area contributed by atoms with Crippen LogP contribution in [-0.2, 0) is 6.54 Å². The van der Waals surface area contributed by atoms with Gasteiger partial charge in [-0.3, -0.25) is 9.48 Å². The SMILES string of the molecule is CCn1ncc(Br)c1C(=O)N[C@@H](C)c1ncc(C)s1. The lowest BCUT2D eigenvalue weighted by Crippen LogP contribution is -2.29. The smallest absolute Gasteiger partial charge is 0.271 e. The van der Waals surface area contributed by atoms with Gasteiger partial charge in [0.05, 0.1) is 16.7 Å². The summed E-state index contributed by atoms with van der Waals surface area (Å²) < 4.78 is 2.37. The molecule has 0 spiro atoms. The largest absolute Gasteiger partial charge is 0.342 e. The highest BCUT2D eigenvalue weighted by molar-refractivity contribution is 9.10. The van der Waals surface area contributed by atoms with Crippen molar-refractivity contribution >= 4 is 33.2 Å². The van der Waals surface area contributed by atoms with E-state index in [1.165, 1.54) is 0 Å². The number of halogens is 1. The number of amides is 1. The molecule has 5 nitrogen and oxygen atoms in total. The molecular weight excluding hydrogens is 328 g/mol. The lowest BCUT2D eigenvalue weighted by molar-refractivity contribution is 0.0928. The summed E-state index contributed by atoms with van der Waals surface area (Å²) in [5, 5.41) is 7.99. The van der Waals surface area contributed by atoms with Gasteiger partial charge in [0.25, 0.3) is 5.91 Å². The second-order valence-electron chi connectivity index (χ2n) is 4.16. The van der Waals surface area contributed by atoms with Crippen molar-refractivity contribution in [2.24, 2.45) is 0 Å². The van der Waals surface area contributed by atoms with E-state index in [9.17, 15) is 4.79 Å². The molecule has 0 unspecified atom stereocenters. The molecule has 0 radical (unpaired) electrons. The van der Waals surface area contributed by atoms with Crippen LogP contribution in [-0.4, -0.2) is 20.7 Å². The average molecular weight is 343 g/mol. The second-order valence-corrected chi connectivity index (χ2v) is 6.28. The third kappa shape index (κ3) is 3.03. The minimum absolute atomic E-state index is 0.113. The minimum atomic E-state index is -0.147. The molecule has 1 atom stereocenters. The van der Waals surface area contributed by atoms with Crippen LogP contribution in [0.25, 0.3) is 0 Å². The molecule has 0 aliphatic carbocycles. The van der Waals surface area contributed by atoms with Crippen LogP contribution in [0.2, 0.25) is 0 Å². The Bertz CT molecular complexity index is 592. The maximum atomic E-state index is 12.3. The van der Waals surface area contributed by atoms with Crippen LogP contribution in [0.4, 0.5) is 0 Å². The first-order valence-electron chi connectivity index (χ1n) is 5.97. The van der Waals surface area contributed by atoms with E-state index < -0.39 is 0 Å². The number of aromatic nitrogens is 3. The molecule has 1 N–H and O–H groups in total. The van der Waals surface area contributed by atoms with Crippen molar-refractivity contribution < 1.29 is 4.79 Å². The Morgan fingerprint density at radius 1 is 1.58 bits per heavy atom. The molecule has 0 saturated carbocycles. The Kier molecular flexibility index (Phi) is 4.36. The van der Waals surface area contributed by atoms with E-state index in [0.717, 1.165) is 9.88 Å². The maximum absolute atomic E-state index is 12.3. The molecule has 102 valence electrons. The number of thiazole rings is 1. The molecule has 0 bridgehead atoms.